The van der Waals surface area contributed by atoms with Gasteiger partial charge in [-0.05, 0) is 43.3 Å². The van der Waals surface area contributed by atoms with Gasteiger partial charge in [0.05, 0.1) is 29.0 Å². The Labute approximate surface area is 154 Å². The molecule has 0 saturated carbocycles. The average molecular weight is 371 g/mol. The monoisotopic (exact) mass is 370 g/mol. The molecule has 0 aliphatic rings. The third kappa shape index (κ3) is 3.60. The van der Waals surface area contributed by atoms with Crippen molar-refractivity contribution in [2.24, 2.45) is 5.10 Å². The Morgan fingerprint density at radius 3 is 2.65 bits per heavy atom. The molecule has 0 bridgehead atoms. The lowest BCUT2D eigenvalue weighted by atomic mass is 10.1. The Morgan fingerprint density at radius 1 is 1.15 bits per heavy atom. The highest BCUT2D eigenvalue weighted by Gasteiger charge is 2.12. The van der Waals surface area contributed by atoms with Gasteiger partial charge in [0.2, 0.25) is 0 Å². The lowest BCUT2D eigenvalue weighted by Gasteiger charge is -2.05. The fourth-order valence-corrected chi connectivity index (χ4v) is 2.60. The molecule has 0 atom stereocenters. The maximum Gasteiger partial charge on any atom is 0.345 e. The van der Waals surface area contributed by atoms with Crippen LogP contribution in [0.2, 0.25) is 5.02 Å². The van der Waals surface area contributed by atoms with Gasteiger partial charge in [0.25, 0.3) is 5.91 Å². The SMILES string of the molecule is COc1ccc2oc(=O)c(/C(C)=N/NC(=O)c3ccccc3Cl)cc2c1. The van der Waals surface area contributed by atoms with Gasteiger partial charge < -0.3 is 9.15 Å². The first-order valence-electron chi connectivity index (χ1n) is 7.71. The molecule has 2 aromatic carbocycles. The van der Waals surface area contributed by atoms with Gasteiger partial charge in [-0.2, -0.15) is 5.10 Å². The molecule has 0 aliphatic carbocycles. The Hall–Kier alpha value is -3.12. The number of rotatable bonds is 4. The van der Waals surface area contributed by atoms with Crippen molar-refractivity contribution in [1.29, 1.82) is 0 Å². The zero-order valence-corrected chi connectivity index (χ0v) is 14.8. The van der Waals surface area contributed by atoms with Gasteiger partial charge in [-0.3, -0.25) is 4.79 Å². The molecule has 0 unspecified atom stereocenters. The van der Waals surface area contributed by atoms with Crippen molar-refractivity contribution in [3.63, 3.8) is 0 Å². The maximum absolute atomic E-state index is 12.2. The summed E-state index contributed by atoms with van der Waals surface area (Å²) in [4.78, 5) is 24.3. The summed E-state index contributed by atoms with van der Waals surface area (Å²) in [5.74, 6) is 0.167. The fraction of sp³-hybridized carbons (Fsp3) is 0.105. The second-order valence-corrected chi connectivity index (χ2v) is 5.88. The summed E-state index contributed by atoms with van der Waals surface area (Å²) in [5.41, 5.74) is 3.13. The van der Waals surface area contributed by atoms with Gasteiger partial charge in [-0.25, -0.2) is 10.2 Å². The molecule has 0 radical (unpaired) electrons. The minimum atomic E-state index is -0.545. The predicted molar refractivity (Wildman–Crippen MR) is 100 cm³/mol. The van der Waals surface area contributed by atoms with Crippen molar-refractivity contribution < 1.29 is 13.9 Å². The van der Waals surface area contributed by atoms with E-state index in [2.05, 4.69) is 10.5 Å². The van der Waals surface area contributed by atoms with Crippen LogP contribution in [0.1, 0.15) is 22.8 Å². The zero-order valence-electron chi connectivity index (χ0n) is 14.1. The molecule has 1 N–H and O–H groups in total. The third-order valence-electron chi connectivity index (χ3n) is 3.77. The van der Waals surface area contributed by atoms with Crippen LogP contribution in [0, 0.1) is 0 Å². The van der Waals surface area contributed by atoms with Gasteiger partial charge in [-0.15, -0.1) is 0 Å². The van der Waals surface area contributed by atoms with E-state index in [4.69, 9.17) is 20.8 Å². The Kier molecular flexibility index (Phi) is 5.04. The van der Waals surface area contributed by atoms with Gasteiger partial charge in [0.15, 0.2) is 0 Å². The minimum absolute atomic E-state index is 0.241. The van der Waals surface area contributed by atoms with Gasteiger partial charge in [0.1, 0.15) is 11.3 Å². The predicted octanol–water partition coefficient (Wildman–Crippen LogP) is 3.61. The van der Waals surface area contributed by atoms with Crippen LogP contribution in [0.25, 0.3) is 11.0 Å². The largest absolute Gasteiger partial charge is 0.497 e. The number of hydrogen-bond acceptors (Lipinski definition) is 5. The molecule has 7 heteroatoms. The summed E-state index contributed by atoms with van der Waals surface area (Å²) in [6, 6.07) is 13.4. The van der Waals surface area contributed by atoms with E-state index in [1.165, 1.54) is 0 Å². The summed E-state index contributed by atoms with van der Waals surface area (Å²) in [6.45, 7) is 1.60. The van der Waals surface area contributed by atoms with Crippen LogP contribution < -0.4 is 15.8 Å². The highest BCUT2D eigenvalue weighted by molar-refractivity contribution is 6.33. The molecule has 26 heavy (non-hydrogen) atoms. The van der Waals surface area contributed by atoms with Crippen molar-refractivity contribution in [1.82, 2.24) is 5.43 Å². The molecule has 3 rings (SSSR count). The van der Waals surface area contributed by atoms with Gasteiger partial charge in [-0.1, -0.05) is 23.7 Å². The highest BCUT2D eigenvalue weighted by atomic mass is 35.5. The van der Waals surface area contributed by atoms with Crippen LogP contribution in [0.15, 0.2) is 62.8 Å². The van der Waals surface area contributed by atoms with Crippen molar-refractivity contribution in [2.45, 2.75) is 6.92 Å². The Balaban J connectivity index is 1.91. The first kappa shape index (κ1) is 17.7. The van der Waals surface area contributed by atoms with Crippen LogP contribution in [0.3, 0.4) is 0 Å². The highest BCUT2D eigenvalue weighted by Crippen LogP contribution is 2.20. The number of methoxy groups -OCH3 is 1. The van der Waals surface area contributed by atoms with Crippen molar-refractivity contribution in [3.05, 3.63) is 75.1 Å². The first-order valence-corrected chi connectivity index (χ1v) is 8.09. The van der Waals surface area contributed by atoms with E-state index in [1.54, 1.807) is 62.6 Å². The molecule has 1 heterocycles. The van der Waals surface area contributed by atoms with E-state index >= 15 is 0 Å². The average Bonchev–Trinajstić information content (AvgIpc) is 2.65. The number of fused-ring (bicyclic) bond motifs is 1. The number of ether oxygens (including phenoxy) is 1. The van der Waals surface area contributed by atoms with Crippen molar-refractivity contribution in [2.75, 3.05) is 7.11 Å². The maximum atomic E-state index is 12.2. The number of halogens is 1. The van der Waals surface area contributed by atoms with E-state index < -0.39 is 11.5 Å². The van der Waals surface area contributed by atoms with Gasteiger partial charge in [0, 0.05) is 5.39 Å². The minimum Gasteiger partial charge on any atom is -0.497 e. The molecule has 0 saturated heterocycles. The quantitative estimate of drug-likeness (QED) is 0.432. The second kappa shape index (κ2) is 7.41. The normalized spacial score (nSPS) is 11.4. The van der Waals surface area contributed by atoms with E-state index in [0.717, 1.165) is 0 Å². The van der Waals surface area contributed by atoms with Crippen LogP contribution >= 0.6 is 11.6 Å². The topological polar surface area (TPSA) is 80.9 Å². The van der Waals surface area contributed by atoms with Crippen molar-refractivity contribution in [3.8, 4) is 5.75 Å². The Morgan fingerprint density at radius 2 is 1.92 bits per heavy atom. The molecule has 1 aromatic heterocycles. The summed E-state index contributed by atoms with van der Waals surface area (Å²) in [7, 11) is 1.55. The van der Waals surface area contributed by atoms with Gasteiger partial charge >= 0.3 is 5.63 Å². The molecular formula is C19H15ClN2O4. The summed E-state index contributed by atoms with van der Waals surface area (Å²) < 4.78 is 10.5. The molecule has 0 fully saturated rings. The Bertz CT molecular complexity index is 1070. The summed E-state index contributed by atoms with van der Waals surface area (Å²) in [5, 5.41) is 4.99. The number of nitrogens with one attached hydrogen (secondary N) is 1. The second-order valence-electron chi connectivity index (χ2n) is 5.47. The fourth-order valence-electron chi connectivity index (χ4n) is 2.38. The van der Waals surface area contributed by atoms with E-state index in [9.17, 15) is 9.59 Å². The number of benzene rings is 2. The number of amides is 1. The number of hydrazone groups is 1. The van der Waals surface area contributed by atoms with Crippen LogP contribution in [0.4, 0.5) is 0 Å². The number of carbonyl (C=O) groups is 1. The van der Waals surface area contributed by atoms with E-state index in [1.807, 2.05) is 0 Å². The molecule has 1 amide bonds. The molecule has 6 nitrogen and oxygen atoms in total. The number of hydrogen-bond donors (Lipinski definition) is 1. The zero-order chi connectivity index (χ0) is 18.7. The lowest BCUT2D eigenvalue weighted by molar-refractivity contribution is 0.0955. The number of nitrogens with zero attached hydrogens (tertiary/aromatic N) is 1. The van der Waals surface area contributed by atoms with E-state index in [-0.39, 0.29) is 5.56 Å². The molecular weight excluding hydrogens is 356 g/mol. The molecule has 0 spiro atoms. The summed E-state index contributed by atoms with van der Waals surface area (Å²) in [6.07, 6.45) is 0. The summed E-state index contributed by atoms with van der Waals surface area (Å²) >= 11 is 5.98. The third-order valence-corrected chi connectivity index (χ3v) is 4.10. The molecule has 0 aliphatic heterocycles. The smallest absolute Gasteiger partial charge is 0.345 e. The number of carbonyl (C=O) groups excluding carboxylic acids is 1. The van der Waals surface area contributed by atoms with E-state index in [0.29, 0.717) is 33.0 Å². The first-order chi connectivity index (χ1) is 12.5. The molecule has 3 aromatic rings. The van der Waals surface area contributed by atoms with Crippen LogP contribution in [0.5, 0.6) is 5.75 Å². The van der Waals surface area contributed by atoms with Crippen molar-refractivity contribution >= 4 is 34.2 Å². The molecule has 132 valence electrons. The standard InChI is InChI=1S/C19H15ClN2O4/c1-11(21-22-18(23)14-5-3-4-6-16(14)20)15-10-12-9-13(25-2)7-8-17(12)26-19(15)24/h3-10H,1-2H3,(H,22,23)/b21-11+. The van der Waals surface area contributed by atoms with Crippen LogP contribution in [-0.4, -0.2) is 18.7 Å². The lowest BCUT2D eigenvalue weighted by Crippen LogP contribution is -2.21. The van der Waals surface area contributed by atoms with Crippen LogP contribution in [-0.2, 0) is 0 Å².